The fraction of sp³-hybridized carbons (Fsp3) is 0.600. The van der Waals surface area contributed by atoms with E-state index >= 15 is 0 Å². The summed E-state index contributed by atoms with van der Waals surface area (Å²) in [5.41, 5.74) is 6.81. The molecule has 1 fully saturated rings. The van der Waals surface area contributed by atoms with E-state index in [9.17, 15) is 9.59 Å². The Bertz CT molecular complexity index is 585. The predicted octanol–water partition coefficient (Wildman–Crippen LogP) is 3.21. The number of carbonyl (C=O) groups is 2. The zero-order chi connectivity index (χ0) is 18.9. The van der Waals surface area contributed by atoms with Crippen molar-refractivity contribution in [3.8, 4) is 0 Å². The van der Waals surface area contributed by atoms with Crippen molar-refractivity contribution >= 4 is 29.9 Å². The minimum absolute atomic E-state index is 0. The predicted molar refractivity (Wildman–Crippen MR) is 110 cm³/mol. The summed E-state index contributed by atoms with van der Waals surface area (Å²) >= 11 is 0. The molecule has 3 N–H and O–H groups in total. The molecule has 1 heterocycles. The molecule has 6 nitrogen and oxygen atoms in total. The number of carbonyl (C=O) groups excluding carboxylic acids is 2. The third kappa shape index (κ3) is 7.87. The summed E-state index contributed by atoms with van der Waals surface area (Å²) < 4.78 is 5.67. The van der Waals surface area contributed by atoms with Crippen molar-refractivity contribution in [2.45, 2.75) is 58.2 Å². The topological polar surface area (TPSA) is 84.7 Å². The molecule has 2 unspecified atom stereocenters. The highest BCUT2D eigenvalue weighted by Gasteiger charge is 2.26. The normalized spacial score (nSPS) is 19.3. The highest BCUT2D eigenvalue weighted by Crippen LogP contribution is 2.16. The van der Waals surface area contributed by atoms with Crippen LogP contribution < -0.4 is 11.1 Å². The lowest BCUT2D eigenvalue weighted by Crippen LogP contribution is -2.48. The second kappa shape index (κ2) is 12.0. The summed E-state index contributed by atoms with van der Waals surface area (Å²) in [4.78, 5) is 26.4. The van der Waals surface area contributed by atoms with Gasteiger partial charge >= 0.3 is 0 Å². The van der Waals surface area contributed by atoms with Crippen LogP contribution in [-0.2, 0) is 9.53 Å². The first kappa shape index (κ1) is 23.4. The number of ether oxygens (including phenoxy) is 1. The summed E-state index contributed by atoms with van der Waals surface area (Å²) in [6.07, 6.45) is 4.58. The zero-order valence-electron chi connectivity index (χ0n) is 16.3. The Balaban J connectivity index is 0.00000364. The van der Waals surface area contributed by atoms with Crippen LogP contribution in [0.4, 0.5) is 5.69 Å². The van der Waals surface area contributed by atoms with Crippen LogP contribution >= 0.6 is 12.4 Å². The minimum atomic E-state index is 0. The highest BCUT2D eigenvalue weighted by molar-refractivity contribution is 5.96. The molecule has 7 heteroatoms. The van der Waals surface area contributed by atoms with Crippen LogP contribution in [0, 0.1) is 0 Å². The monoisotopic (exact) mass is 397 g/mol. The number of halogens is 1. The first-order valence-electron chi connectivity index (χ1n) is 9.54. The maximum atomic E-state index is 12.6. The van der Waals surface area contributed by atoms with Gasteiger partial charge in [-0.15, -0.1) is 12.4 Å². The Hall–Kier alpha value is -1.63. The fourth-order valence-electron chi connectivity index (χ4n) is 3.23. The molecule has 0 bridgehead atoms. The van der Waals surface area contributed by atoms with Crippen molar-refractivity contribution in [1.29, 1.82) is 0 Å². The van der Waals surface area contributed by atoms with Crippen LogP contribution in [0.15, 0.2) is 24.3 Å². The first-order valence-corrected chi connectivity index (χ1v) is 9.54. The number of rotatable bonds is 8. The fourth-order valence-corrected chi connectivity index (χ4v) is 3.23. The Morgan fingerprint density at radius 3 is 2.26 bits per heavy atom. The number of nitrogens with zero attached hydrogens (tertiary/aromatic N) is 1. The summed E-state index contributed by atoms with van der Waals surface area (Å²) in [6, 6.07) is 7.10. The molecule has 0 aliphatic carbocycles. The van der Waals surface area contributed by atoms with Crippen LogP contribution in [0.25, 0.3) is 0 Å². The maximum absolute atomic E-state index is 12.6. The molecule has 27 heavy (non-hydrogen) atoms. The second-order valence-electron chi connectivity index (χ2n) is 7.05. The smallest absolute Gasteiger partial charge is 0.254 e. The van der Waals surface area contributed by atoms with E-state index in [1.54, 1.807) is 24.3 Å². The van der Waals surface area contributed by atoms with Gasteiger partial charge in [-0.2, -0.15) is 0 Å². The molecular weight excluding hydrogens is 366 g/mol. The van der Waals surface area contributed by atoms with Crippen molar-refractivity contribution in [1.82, 2.24) is 4.90 Å². The summed E-state index contributed by atoms with van der Waals surface area (Å²) in [5, 5.41) is 2.88. The number of morpholine rings is 1. The number of unbranched alkanes of at least 4 members (excludes halogenated alkanes) is 3. The van der Waals surface area contributed by atoms with Crippen LogP contribution in [0.1, 0.15) is 56.3 Å². The molecule has 0 saturated carbocycles. The van der Waals surface area contributed by atoms with Crippen molar-refractivity contribution in [3.05, 3.63) is 29.8 Å². The molecule has 152 valence electrons. The van der Waals surface area contributed by atoms with Gasteiger partial charge < -0.3 is 20.7 Å². The molecule has 2 rings (SSSR count). The molecule has 1 aliphatic rings. The number of nitrogens with one attached hydrogen (secondary N) is 1. The average Bonchev–Trinajstić information content (AvgIpc) is 2.61. The molecule has 0 radical (unpaired) electrons. The zero-order valence-corrected chi connectivity index (χ0v) is 17.1. The van der Waals surface area contributed by atoms with Crippen molar-refractivity contribution < 1.29 is 14.3 Å². The Labute approximate surface area is 168 Å². The largest absolute Gasteiger partial charge is 0.372 e. The van der Waals surface area contributed by atoms with E-state index in [2.05, 4.69) is 5.32 Å². The molecule has 1 saturated heterocycles. The van der Waals surface area contributed by atoms with E-state index in [0.717, 1.165) is 31.4 Å². The van der Waals surface area contributed by atoms with Crippen LogP contribution in [0.2, 0.25) is 0 Å². The van der Waals surface area contributed by atoms with E-state index in [1.807, 2.05) is 18.7 Å². The molecular formula is C20H32ClN3O3. The molecule has 1 aromatic carbocycles. The summed E-state index contributed by atoms with van der Waals surface area (Å²) in [7, 11) is 0. The van der Waals surface area contributed by atoms with Gasteiger partial charge in [-0.25, -0.2) is 0 Å². The van der Waals surface area contributed by atoms with Gasteiger partial charge in [0, 0.05) is 30.8 Å². The van der Waals surface area contributed by atoms with Crippen LogP contribution in [-0.4, -0.2) is 48.6 Å². The summed E-state index contributed by atoms with van der Waals surface area (Å²) in [6.45, 7) is 5.87. The van der Waals surface area contributed by atoms with Crippen LogP contribution in [0.3, 0.4) is 0 Å². The van der Waals surface area contributed by atoms with Gasteiger partial charge in [0.2, 0.25) is 5.91 Å². The van der Waals surface area contributed by atoms with Gasteiger partial charge in [-0.1, -0.05) is 12.8 Å². The quantitative estimate of drug-likeness (QED) is 0.659. The van der Waals surface area contributed by atoms with Gasteiger partial charge in [0.15, 0.2) is 0 Å². The number of nitrogens with two attached hydrogens (primary N) is 1. The standard InChI is InChI=1S/C20H31N3O3.ClH/c1-15-13-23(14-16(2)26-15)20(25)17-8-10-18(11-9-17)22-19(24)7-5-3-4-6-12-21;/h8-11,15-16H,3-7,12-14,21H2,1-2H3,(H,22,24);1H. The number of anilines is 1. The Kier molecular flexibility index (Phi) is 10.4. The Morgan fingerprint density at radius 1 is 1.07 bits per heavy atom. The minimum Gasteiger partial charge on any atom is -0.372 e. The molecule has 1 aliphatic heterocycles. The molecule has 2 amide bonds. The third-order valence-electron chi connectivity index (χ3n) is 4.48. The SMILES string of the molecule is CC1CN(C(=O)c2ccc(NC(=O)CCCCCCN)cc2)CC(C)O1.Cl. The van der Waals surface area contributed by atoms with Gasteiger partial charge in [-0.05, 0) is 57.5 Å². The van der Waals surface area contributed by atoms with Crippen molar-refractivity contribution in [2.75, 3.05) is 25.0 Å². The molecule has 2 atom stereocenters. The van der Waals surface area contributed by atoms with Crippen LogP contribution in [0.5, 0.6) is 0 Å². The van der Waals surface area contributed by atoms with E-state index in [4.69, 9.17) is 10.5 Å². The van der Waals surface area contributed by atoms with Gasteiger partial charge in [0.25, 0.3) is 5.91 Å². The lowest BCUT2D eigenvalue weighted by Gasteiger charge is -2.35. The second-order valence-corrected chi connectivity index (χ2v) is 7.05. The van der Waals surface area contributed by atoms with E-state index < -0.39 is 0 Å². The van der Waals surface area contributed by atoms with E-state index in [0.29, 0.717) is 31.6 Å². The molecule has 1 aromatic rings. The van der Waals surface area contributed by atoms with Crippen molar-refractivity contribution in [3.63, 3.8) is 0 Å². The Morgan fingerprint density at radius 2 is 1.67 bits per heavy atom. The lowest BCUT2D eigenvalue weighted by molar-refractivity contribution is -0.116. The maximum Gasteiger partial charge on any atom is 0.254 e. The molecule has 0 spiro atoms. The first-order chi connectivity index (χ1) is 12.5. The van der Waals surface area contributed by atoms with Gasteiger partial charge in [0.1, 0.15) is 0 Å². The van der Waals surface area contributed by atoms with E-state index in [-0.39, 0.29) is 36.4 Å². The van der Waals surface area contributed by atoms with Crippen molar-refractivity contribution in [2.24, 2.45) is 5.73 Å². The number of amides is 2. The van der Waals surface area contributed by atoms with E-state index in [1.165, 1.54) is 0 Å². The lowest BCUT2D eigenvalue weighted by atomic mass is 10.1. The highest BCUT2D eigenvalue weighted by atomic mass is 35.5. The number of benzene rings is 1. The average molecular weight is 398 g/mol. The van der Waals surface area contributed by atoms with Gasteiger partial charge in [0.05, 0.1) is 12.2 Å². The molecule has 0 aromatic heterocycles. The summed E-state index contributed by atoms with van der Waals surface area (Å²) in [5.74, 6) is 0.0115. The number of hydrogen-bond acceptors (Lipinski definition) is 4. The third-order valence-corrected chi connectivity index (χ3v) is 4.48. The van der Waals surface area contributed by atoms with Gasteiger partial charge in [-0.3, -0.25) is 9.59 Å². The number of hydrogen-bond donors (Lipinski definition) is 2.